The molecule has 0 amide bonds. The van der Waals surface area contributed by atoms with E-state index in [0.29, 0.717) is 19.3 Å². The molecule has 4 nitrogen and oxygen atoms in total. The highest BCUT2D eigenvalue weighted by Crippen LogP contribution is 2.42. The maximum Gasteiger partial charge on any atom is 0.417 e. The van der Waals surface area contributed by atoms with Crippen molar-refractivity contribution in [2.45, 2.75) is 70.5 Å². The molecule has 0 aliphatic heterocycles. The Kier molecular flexibility index (Phi) is 7.17. The highest BCUT2D eigenvalue weighted by atomic mass is 32.2. The van der Waals surface area contributed by atoms with Crippen LogP contribution in [0.1, 0.15) is 57.2 Å². The van der Waals surface area contributed by atoms with Crippen LogP contribution in [0.25, 0.3) is 22.0 Å². The van der Waals surface area contributed by atoms with E-state index in [1.165, 1.54) is 29.0 Å². The summed E-state index contributed by atoms with van der Waals surface area (Å²) in [5.74, 6) is -1.00. The maximum atomic E-state index is 16.1. The van der Waals surface area contributed by atoms with Crippen molar-refractivity contribution >= 4 is 20.9 Å². The van der Waals surface area contributed by atoms with Crippen LogP contribution in [-0.2, 0) is 22.7 Å². The van der Waals surface area contributed by atoms with E-state index in [4.69, 9.17) is 0 Å². The van der Waals surface area contributed by atoms with Crippen molar-refractivity contribution in [1.82, 2.24) is 9.29 Å². The van der Waals surface area contributed by atoms with Gasteiger partial charge in [-0.3, -0.25) is 0 Å². The lowest BCUT2D eigenvalue weighted by Crippen LogP contribution is -2.42. The second-order valence-electron chi connectivity index (χ2n) is 10.7. The van der Waals surface area contributed by atoms with E-state index < -0.39 is 50.7 Å². The zero-order chi connectivity index (χ0) is 27.3. The van der Waals surface area contributed by atoms with Gasteiger partial charge in [0.1, 0.15) is 6.04 Å². The summed E-state index contributed by atoms with van der Waals surface area (Å²) in [5, 5.41) is -0.754. The van der Waals surface area contributed by atoms with Crippen molar-refractivity contribution in [2.24, 2.45) is 5.41 Å². The summed E-state index contributed by atoms with van der Waals surface area (Å²) in [4.78, 5) is 0. The largest absolute Gasteiger partial charge is 0.417 e. The van der Waals surface area contributed by atoms with E-state index in [1.807, 2.05) is 20.8 Å². The number of alkyl halides is 5. The molecule has 1 aliphatic rings. The smallest absolute Gasteiger partial charge is 0.344 e. The van der Waals surface area contributed by atoms with Crippen LogP contribution in [0.5, 0.6) is 0 Å². The van der Waals surface area contributed by atoms with Gasteiger partial charge in [0, 0.05) is 29.3 Å². The number of hydrogen-bond donors (Lipinski definition) is 1. The standard InChI is InChI=1S/C26H28F6N2O2S/c1-25(2,3)14-34-13-19(22(24(28)29)33-37(35,36)15-7-6-8-15)18-12-11-17(21(27)23(18)34)16-9-4-5-10-20(16)26(30,31)32/h4-5,9-13,15,22,24,33H,6-8,14H2,1-3H3. The van der Waals surface area contributed by atoms with Gasteiger partial charge in [0.15, 0.2) is 5.82 Å². The molecule has 1 heterocycles. The SMILES string of the molecule is CC(C)(C)Cn1cc(C(NS(=O)(=O)C2CCC2)C(F)F)c2ccc(-c3ccccc3C(F)(F)F)c(F)c21. The van der Waals surface area contributed by atoms with Crippen molar-refractivity contribution in [3.63, 3.8) is 0 Å². The van der Waals surface area contributed by atoms with Gasteiger partial charge in [-0.05, 0) is 29.9 Å². The third kappa shape index (κ3) is 5.52. The minimum atomic E-state index is -4.74. The minimum Gasteiger partial charge on any atom is -0.344 e. The van der Waals surface area contributed by atoms with Crippen LogP contribution in [0, 0.1) is 11.2 Å². The molecule has 0 bridgehead atoms. The van der Waals surface area contributed by atoms with Crippen molar-refractivity contribution in [3.8, 4) is 11.1 Å². The van der Waals surface area contributed by atoms with Crippen molar-refractivity contribution in [2.75, 3.05) is 0 Å². The van der Waals surface area contributed by atoms with Crippen LogP contribution in [0.15, 0.2) is 42.6 Å². The maximum absolute atomic E-state index is 16.1. The molecule has 1 unspecified atom stereocenters. The Labute approximate surface area is 211 Å². The average molecular weight is 547 g/mol. The first-order valence-electron chi connectivity index (χ1n) is 11.9. The molecule has 3 aromatic rings. The molecule has 37 heavy (non-hydrogen) atoms. The summed E-state index contributed by atoms with van der Waals surface area (Å²) in [7, 11) is -4.05. The molecule has 1 N–H and O–H groups in total. The Balaban J connectivity index is 1.93. The molecule has 0 spiro atoms. The molecular weight excluding hydrogens is 518 g/mol. The molecule has 1 aromatic heterocycles. The van der Waals surface area contributed by atoms with Gasteiger partial charge >= 0.3 is 6.18 Å². The third-order valence-electron chi connectivity index (χ3n) is 6.55. The van der Waals surface area contributed by atoms with Gasteiger partial charge in [0.05, 0.1) is 16.3 Å². The summed E-state index contributed by atoms with van der Waals surface area (Å²) in [6, 6.07) is 5.02. The van der Waals surface area contributed by atoms with E-state index in [1.54, 1.807) is 0 Å². The van der Waals surface area contributed by atoms with E-state index in [2.05, 4.69) is 4.72 Å². The summed E-state index contributed by atoms with van der Waals surface area (Å²) in [6.07, 6.45) is -5.18. The van der Waals surface area contributed by atoms with Gasteiger partial charge in [0.2, 0.25) is 10.0 Å². The van der Waals surface area contributed by atoms with Gasteiger partial charge in [-0.25, -0.2) is 26.3 Å². The Hall–Kier alpha value is -2.53. The Morgan fingerprint density at radius 1 is 1.03 bits per heavy atom. The predicted molar refractivity (Wildman–Crippen MR) is 130 cm³/mol. The van der Waals surface area contributed by atoms with E-state index in [0.717, 1.165) is 18.2 Å². The first-order valence-corrected chi connectivity index (χ1v) is 13.4. The van der Waals surface area contributed by atoms with Gasteiger partial charge < -0.3 is 4.57 Å². The number of sulfonamides is 1. The number of nitrogens with one attached hydrogen (secondary N) is 1. The van der Waals surface area contributed by atoms with Crippen LogP contribution in [-0.4, -0.2) is 24.7 Å². The fourth-order valence-corrected chi connectivity index (χ4v) is 6.37. The summed E-state index contributed by atoms with van der Waals surface area (Å²) in [6.45, 7) is 5.66. The van der Waals surface area contributed by atoms with Crippen LogP contribution in [0.2, 0.25) is 0 Å². The second kappa shape index (κ2) is 9.65. The number of rotatable bonds is 7. The molecule has 1 atom stereocenters. The van der Waals surface area contributed by atoms with Crippen LogP contribution in [0.3, 0.4) is 0 Å². The van der Waals surface area contributed by atoms with E-state index >= 15 is 4.39 Å². The van der Waals surface area contributed by atoms with Crippen molar-refractivity contribution in [1.29, 1.82) is 0 Å². The molecular formula is C26H28F6N2O2S. The number of fused-ring (bicyclic) bond motifs is 1. The Bertz CT molecular complexity index is 1400. The number of aromatic nitrogens is 1. The minimum absolute atomic E-state index is 0.0107. The topological polar surface area (TPSA) is 51.1 Å². The van der Waals surface area contributed by atoms with Gasteiger partial charge in [-0.15, -0.1) is 0 Å². The van der Waals surface area contributed by atoms with E-state index in [-0.39, 0.29) is 34.1 Å². The molecule has 0 saturated heterocycles. The molecule has 0 radical (unpaired) electrons. The lowest BCUT2D eigenvalue weighted by molar-refractivity contribution is -0.137. The highest BCUT2D eigenvalue weighted by Gasteiger charge is 2.38. The zero-order valence-corrected chi connectivity index (χ0v) is 21.4. The lowest BCUT2D eigenvalue weighted by atomic mass is 9.95. The fraction of sp³-hybridized carbons (Fsp3) is 0.462. The number of hydrogen-bond acceptors (Lipinski definition) is 2. The van der Waals surface area contributed by atoms with Crippen molar-refractivity contribution in [3.05, 3.63) is 59.5 Å². The molecule has 4 rings (SSSR count). The van der Waals surface area contributed by atoms with Crippen LogP contribution >= 0.6 is 0 Å². The Morgan fingerprint density at radius 2 is 1.68 bits per heavy atom. The Morgan fingerprint density at radius 3 is 2.22 bits per heavy atom. The molecule has 2 aromatic carbocycles. The first-order chi connectivity index (χ1) is 17.1. The monoisotopic (exact) mass is 546 g/mol. The summed E-state index contributed by atoms with van der Waals surface area (Å²) < 4.78 is 114. The highest BCUT2D eigenvalue weighted by molar-refractivity contribution is 7.90. The van der Waals surface area contributed by atoms with Crippen molar-refractivity contribution < 1.29 is 34.8 Å². The second-order valence-corrected chi connectivity index (χ2v) is 12.7. The molecule has 1 saturated carbocycles. The predicted octanol–water partition coefficient (Wildman–Crippen LogP) is 7.29. The van der Waals surface area contributed by atoms with Gasteiger partial charge in [-0.1, -0.05) is 57.5 Å². The van der Waals surface area contributed by atoms with E-state index in [9.17, 15) is 30.4 Å². The summed E-state index contributed by atoms with van der Waals surface area (Å²) >= 11 is 0. The average Bonchev–Trinajstić information content (AvgIpc) is 3.07. The van der Waals surface area contributed by atoms with Gasteiger partial charge in [-0.2, -0.15) is 13.2 Å². The third-order valence-corrected chi connectivity index (χ3v) is 8.48. The lowest BCUT2D eigenvalue weighted by Gasteiger charge is -2.28. The first kappa shape index (κ1) is 27.5. The summed E-state index contributed by atoms with van der Waals surface area (Å²) in [5.41, 5.74) is -2.48. The molecule has 11 heteroatoms. The van der Waals surface area contributed by atoms with Crippen LogP contribution in [0.4, 0.5) is 26.3 Å². The molecule has 1 fully saturated rings. The zero-order valence-electron chi connectivity index (χ0n) is 20.5. The fourth-order valence-electron chi connectivity index (χ4n) is 4.64. The molecule has 1 aliphatic carbocycles. The normalized spacial score (nSPS) is 16.4. The van der Waals surface area contributed by atoms with Crippen LogP contribution < -0.4 is 4.72 Å². The number of halogens is 6. The quantitative estimate of drug-likeness (QED) is 0.317. The molecule has 202 valence electrons. The van der Waals surface area contributed by atoms with Gasteiger partial charge in [0.25, 0.3) is 6.43 Å². The number of nitrogens with zero attached hydrogens (tertiary/aromatic N) is 1. The number of benzene rings is 2.